The number of carboxylic acid groups (broad SMARTS) is 1. The number of pyridine rings is 1. The molecule has 0 aliphatic rings. The van der Waals surface area contributed by atoms with Gasteiger partial charge in [0.15, 0.2) is 0 Å². The number of furan rings is 1. The van der Waals surface area contributed by atoms with Crippen LogP contribution in [-0.4, -0.2) is 16.1 Å². The zero-order chi connectivity index (χ0) is 14.1. The number of rotatable bonds is 3. The van der Waals surface area contributed by atoms with Gasteiger partial charge in [0.1, 0.15) is 17.1 Å². The molecule has 0 unspecified atom stereocenters. The first-order valence-corrected chi connectivity index (χ1v) is 5.68. The Morgan fingerprint density at radius 2 is 2.15 bits per heavy atom. The first-order valence-electron chi connectivity index (χ1n) is 5.68. The molecule has 0 radical (unpaired) electrons. The lowest BCUT2D eigenvalue weighted by Crippen LogP contribution is -2.00. The molecule has 3 aromatic rings. The van der Waals surface area contributed by atoms with E-state index in [0.717, 1.165) is 12.1 Å². The van der Waals surface area contributed by atoms with Gasteiger partial charge in [-0.1, -0.05) is 0 Å². The van der Waals surface area contributed by atoms with Gasteiger partial charge in [0, 0.05) is 12.3 Å². The Balaban J connectivity index is 1.97. The summed E-state index contributed by atoms with van der Waals surface area (Å²) in [7, 11) is 0. The number of hydrogen-bond donors (Lipinski definition) is 1. The van der Waals surface area contributed by atoms with E-state index in [2.05, 4.69) is 4.98 Å². The summed E-state index contributed by atoms with van der Waals surface area (Å²) >= 11 is 0. The van der Waals surface area contributed by atoms with Crippen LogP contribution in [0.4, 0.5) is 4.39 Å². The first kappa shape index (κ1) is 12.2. The average Bonchev–Trinajstić information content (AvgIpc) is 2.87. The summed E-state index contributed by atoms with van der Waals surface area (Å²) in [5.41, 5.74) is 0.185. The van der Waals surface area contributed by atoms with Crippen LogP contribution < -0.4 is 4.74 Å². The molecule has 6 heteroatoms. The molecule has 0 atom stereocenters. The number of carboxylic acids is 1. The molecule has 0 fully saturated rings. The summed E-state index contributed by atoms with van der Waals surface area (Å²) < 4.78 is 24.2. The van der Waals surface area contributed by atoms with Gasteiger partial charge in [-0.25, -0.2) is 14.2 Å². The smallest absolute Gasteiger partial charge is 0.338 e. The third kappa shape index (κ3) is 2.07. The van der Waals surface area contributed by atoms with Crippen LogP contribution in [0.1, 0.15) is 10.4 Å². The maximum Gasteiger partial charge on any atom is 0.338 e. The Hall–Kier alpha value is -2.89. The standard InChI is InChI=1S/C14H8FNO4/c15-11-7-8(1-2-9(11)14(17)18)20-13-10-4-6-19-12(10)3-5-16-13/h1-7H,(H,17,18). The Bertz CT molecular complexity index is 797. The average molecular weight is 273 g/mol. The predicted molar refractivity (Wildman–Crippen MR) is 67.4 cm³/mol. The van der Waals surface area contributed by atoms with Crippen molar-refractivity contribution in [3.8, 4) is 11.6 Å². The molecule has 3 rings (SSSR count). The van der Waals surface area contributed by atoms with E-state index in [1.807, 2.05) is 0 Å². The summed E-state index contributed by atoms with van der Waals surface area (Å²) in [6.07, 6.45) is 3.00. The second-order valence-electron chi connectivity index (χ2n) is 4.00. The molecule has 1 aromatic carbocycles. The number of aromatic carboxylic acids is 1. The highest BCUT2D eigenvalue weighted by Crippen LogP contribution is 2.29. The minimum Gasteiger partial charge on any atom is -0.478 e. The molecular formula is C14H8FNO4. The van der Waals surface area contributed by atoms with Crippen molar-refractivity contribution in [1.29, 1.82) is 0 Å². The number of aromatic nitrogens is 1. The lowest BCUT2D eigenvalue weighted by Gasteiger charge is -2.06. The molecule has 100 valence electrons. The predicted octanol–water partition coefficient (Wildman–Crippen LogP) is 3.46. The number of carbonyl (C=O) groups is 1. The van der Waals surface area contributed by atoms with Crippen molar-refractivity contribution >= 4 is 16.9 Å². The number of hydrogen-bond acceptors (Lipinski definition) is 4. The molecule has 0 amide bonds. The van der Waals surface area contributed by atoms with Crippen LogP contribution >= 0.6 is 0 Å². The minimum absolute atomic E-state index is 0.161. The minimum atomic E-state index is -1.33. The van der Waals surface area contributed by atoms with E-state index < -0.39 is 17.3 Å². The van der Waals surface area contributed by atoms with E-state index in [-0.39, 0.29) is 11.6 Å². The largest absolute Gasteiger partial charge is 0.478 e. The Morgan fingerprint density at radius 3 is 2.90 bits per heavy atom. The van der Waals surface area contributed by atoms with Gasteiger partial charge in [0.25, 0.3) is 0 Å². The lowest BCUT2D eigenvalue weighted by molar-refractivity contribution is 0.0692. The summed E-state index contributed by atoms with van der Waals surface area (Å²) in [6, 6.07) is 6.87. The number of ether oxygens (including phenoxy) is 1. The van der Waals surface area contributed by atoms with Gasteiger partial charge >= 0.3 is 5.97 Å². The van der Waals surface area contributed by atoms with E-state index in [4.69, 9.17) is 14.3 Å². The molecule has 2 aromatic heterocycles. The van der Waals surface area contributed by atoms with Crippen LogP contribution in [0, 0.1) is 5.82 Å². The Kier molecular flexibility index (Phi) is 2.83. The SMILES string of the molecule is O=C(O)c1ccc(Oc2nccc3occc23)cc1F. The Morgan fingerprint density at radius 1 is 1.30 bits per heavy atom. The second-order valence-corrected chi connectivity index (χ2v) is 4.00. The topological polar surface area (TPSA) is 72.6 Å². The molecule has 0 saturated carbocycles. The van der Waals surface area contributed by atoms with Crippen LogP contribution in [-0.2, 0) is 0 Å². The molecule has 20 heavy (non-hydrogen) atoms. The second kappa shape index (κ2) is 4.65. The van der Waals surface area contributed by atoms with Gasteiger partial charge in [0.05, 0.1) is 17.2 Å². The van der Waals surface area contributed by atoms with Gasteiger partial charge in [-0.15, -0.1) is 0 Å². The summed E-state index contributed by atoms with van der Waals surface area (Å²) in [6.45, 7) is 0. The van der Waals surface area contributed by atoms with Crippen molar-refractivity contribution in [2.24, 2.45) is 0 Å². The van der Waals surface area contributed by atoms with E-state index in [9.17, 15) is 9.18 Å². The van der Waals surface area contributed by atoms with Gasteiger partial charge in [0.2, 0.25) is 5.88 Å². The monoisotopic (exact) mass is 273 g/mol. The van der Waals surface area contributed by atoms with E-state index >= 15 is 0 Å². The molecule has 0 saturated heterocycles. The fourth-order valence-electron chi connectivity index (χ4n) is 1.79. The fraction of sp³-hybridized carbons (Fsp3) is 0. The fourth-order valence-corrected chi connectivity index (χ4v) is 1.79. The third-order valence-electron chi connectivity index (χ3n) is 2.73. The molecule has 0 aliphatic heterocycles. The molecule has 2 heterocycles. The van der Waals surface area contributed by atoms with Crippen LogP contribution in [0.2, 0.25) is 0 Å². The first-order chi connectivity index (χ1) is 9.65. The number of halogens is 1. The highest BCUT2D eigenvalue weighted by Gasteiger charge is 2.13. The van der Waals surface area contributed by atoms with Gasteiger partial charge in [-0.2, -0.15) is 0 Å². The molecule has 0 aliphatic carbocycles. The summed E-state index contributed by atoms with van der Waals surface area (Å²) in [5.74, 6) is -1.77. The maximum atomic E-state index is 13.6. The van der Waals surface area contributed by atoms with Gasteiger partial charge in [-0.05, 0) is 24.3 Å². The van der Waals surface area contributed by atoms with Crippen molar-refractivity contribution in [3.05, 3.63) is 54.2 Å². The Labute approximate surface area is 112 Å². The highest BCUT2D eigenvalue weighted by atomic mass is 19.1. The number of nitrogens with zero attached hydrogens (tertiary/aromatic N) is 1. The van der Waals surface area contributed by atoms with Crippen LogP contribution in [0.25, 0.3) is 11.0 Å². The van der Waals surface area contributed by atoms with E-state index in [0.29, 0.717) is 11.0 Å². The quantitative estimate of drug-likeness (QED) is 0.791. The molecule has 5 nitrogen and oxygen atoms in total. The van der Waals surface area contributed by atoms with Crippen molar-refractivity contribution in [2.75, 3.05) is 0 Å². The van der Waals surface area contributed by atoms with Crippen LogP contribution in [0.5, 0.6) is 11.6 Å². The normalized spacial score (nSPS) is 10.7. The van der Waals surface area contributed by atoms with Crippen molar-refractivity contribution in [1.82, 2.24) is 4.98 Å². The lowest BCUT2D eigenvalue weighted by atomic mass is 10.2. The molecule has 0 bridgehead atoms. The molecule has 1 N–H and O–H groups in total. The zero-order valence-corrected chi connectivity index (χ0v) is 10.0. The third-order valence-corrected chi connectivity index (χ3v) is 2.73. The van der Waals surface area contributed by atoms with Crippen molar-refractivity contribution in [3.63, 3.8) is 0 Å². The van der Waals surface area contributed by atoms with Crippen LogP contribution in [0.3, 0.4) is 0 Å². The summed E-state index contributed by atoms with van der Waals surface area (Å²) in [5, 5.41) is 9.40. The zero-order valence-electron chi connectivity index (χ0n) is 10.0. The highest BCUT2D eigenvalue weighted by molar-refractivity contribution is 5.88. The van der Waals surface area contributed by atoms with E-state index in [1.165, 1.54) is 18.5 Å². The molecule has 0 spiro atoms. The van der Waals surface area contributed by atoms with Crippen LogP contribution in [0.15, 0.2) is 47.2 Å². The van der Waals surface area contributed by atoms with Gasteiger partial charge in [-0.3, -0.25) is 0 Å². The maximum absolute atomic E-state index is 13.6. The summed E-state index contributed by atoms with van der Waals surface area (Å²) in [4.78, 5) is 14.8. The number of fused-ring (bicyclic) bond motifs is 1. The van der Waals surface area contributed by atoms with E-state index in [1.54, 1.807) is 12.1 Å². The number of benzene rings is 1. The van der Waals surface area contributed by atoms with Crippen molar-refractivity contribution in [2.45, 2.75) is 0 Å². The van der Waals surface area contributed by atoms with Gasteiger partial charge < -0.3 is 14.3 Å². The van der Waals surface area contributed by atoms with Crippen molar-refractivity contribution < 1.29 is 23.4 Å². The molecular weight excluding hydrogens is 265 g/mol.